The van der Waals surface area contributed by atoms with E-state index in [9.17, 15) is 9.50 Å². The Morgan fingerprint density at radius 1 is 1.20 bits per heavy atom. The number of fused-ring (bicyclic) bond motifs is 5. The molecule has 4 rings (SSSR count). The molecule has 5 unspecified atom stereocenters. The minimum absolute atomic E-state index is 0.0980. The lowest BCUT2D eigenvalue weighted by atomic mass is 9.55. The van der Waals surface area contributed by atoms with E-state index in [2.05, 4.69) is 6.92 Å². The van der Waals surface area contributed by atoms with E-state index in [-0.39, 0.29) is 17.3 Å². The molecule has 3 aliphatic carbocycles. The van der Waals surface area contributed by atoms with Crippen LogP contribution in [0.3, 0.4) is 0 Å². The zero-order valence-corrected chi connectivity index (χ0v) is 12.1. The first-order valence-corrected chi connectivity index (χ1v) is 8.06. The van der Waals surface area contributed by atoms with E-state index in [0.717, 1.165) is 25.7 Å². The summed E-state index contributed by atoms with van der Waals surface area (Å²) in [6.45, 7) is 2.30. The van der Waals surface area contributed by atoms with Crippen LogP contribution in [0.1, 0.15) is 56.1 Å². The number of aliphatic hydroxyl groups is 1. The normalized spacial score (nSPS) is 42.8. The lowest BCUT2D eigenvalue weighted by molar-refractivity contribution is -0.0226. The van der Waals surface area contributed by atoms with Crippen LogP contribution in [0.25, 0.3) is 0 Å². The molecule has 0 radical (unpaired) electrons. The zero-order chi connectivity index (χ0) is 13.9. The third-order valence-electron chi connectivity index (χ3n) is 6.64. The monoisotopic (exact) mass is 274 g/mol. The Labute approximate surface area is 120 Å². The molecule has 2 saturated carbocycles. The summed E-state index contributed by atoms with van der Waals surface area (Å²) < 4.78 is 13.4. The third-order valence-corrected chi connectivity index (χ3v) is 6.64. The van der Waals surface area contributed by atoms with Crippen LogP contribution in [-0.4, -0.2) is 11.2 Å². The first-order valence-electron chi connectivity index (χ1n) is 8.06. The van der Waals surface area contributed by atoms with Crippen LogP contribution in [0.4, 0.5) is 4.39 Å². The van der Waals surface area contributed by atoms with Crippen molar-refractivity contribution in [3.8, 4) is 0 Å². The quantitative estimate of drug-likeness (QED) is 0.757. The van der Waals surface area contributed by atoms with E-state index in [1.54, 1.807) is 12.1 Å². The Morgan fingerprint density at radius 3 is 2.90 bits per heavy atom. The molecule has 1 aromatic rings. The van der Waals surface area contributed by atoms with E-state index >= 15 is 0 Å². The molecule has 0 amide bonds. The van der Waals surface area contributed by atoms with Crippen molar-refractivity contribution in [3.63, 3.8) is 0 Å². The molecule has 0 saturated heterocycles. The van der Waals surface area contributed by atoms with Crippen molar-refractivity contribution < 1.29 is 9.50 Å². The number of halogens is 1. The van der Waals surface area contributed by atoms with E-state index in [4.69, 9.17) is 0 Å². The molecule has 0 aliphatic heterocycles. The summed E-state index contributed by atoms with van der Waals surface area (Å²) >= 11 is 0. The molecule has 0 aromatic heterocycles. The van der Waals surface area contributed by atoms with Crippen molar-refractivity contribution in [1.29, 1.82) is 0 Å². The number of hydrogen-bond donors (Lipinski definition) is 1. The van der Waals surface area contributed by atoms with Crippen molar-refractivity contribution in [2.75, 3.05) is 0 Å². The minimum Gasteiger partial charge on any atom is -0.393 e. The van der Waals surface area contributed by atoms with Crippen LogP contribution < -0.4 is 0 Å². The second kappa shape index (κ2) is 4.30. The predicted octanol–water partition coefficient (Wildman–Crippen LogP) is 4.04. The lowest BCUT2D eigenvalue weighted by Crippen LogP contribution is -2.43. The second-order valence-corrected chi connectivity index (χ2v) is 7.40. The Kier molecular flexibility index (Phi) is 2.76. The smallest absolute Gasteiger partial charge is 0.123 e. The van der Waals surface area contributed by atoms with Gasteiger partial charge in [-0.05, 0) is 85.0 Å². The summed E-state index contributed by atoms with van der Waals surface area (Å²) in [7, 11) is 0. The maximum atomic E-state index is 13.4. The molecule has 0 spiro atoms. The fraction of sp³-hybridized carbons (Fsp3) is 0.667. The fourth-order valence-corrected chi connectivity index (χ4v) is 5.52. The van der Waals surface area contributed by atoms with Crippen molar-refractivity contribution in [2.24, 2.45) is 17.3 Å². The van der Waals surface area contributed by atoms with Gasteiger partial charge in [0.05, 0.1) is 6.10 Å². The van der Waals surface area contributed by atoms with Gasteiger partial charge in [-0.3, -0.25) is 0 Å². The van der Waals surface area contributed by atoms with E-state index in [1.165, 1.54) is 24.0 Å². The molecule has 0 bridgehead atoms. The molecule has 108 valence electrons. The first kappa shape index (κ1) is 12.8. The summed E-state index contributed by atoms with van der Waals surface area (Å²) in [5.41, 5.74) is 2.76. The SMILES string of the molecule is CC12CCC3c4ccc(F)cc4CCC3C1CCC2O. The standard InChI is InChI=1S/C18H23FO/c1-18-9-8-14-13-5-3-12(19)10-11(13)2-4-15(14)16(18)6-7-17(18)20/h3,5,10,14-17,20H,2,4,6-9H2,1H3. The molecule has 1 nitrogen and oxygen atoms in total. The highest BCUT2D eigenvalue weighted by Gasteiger charge is 2.54. The Hall–Kier alpha value is -0.890. The number of rotatable bonds is 0. The van der Waals surface area contributed by atoms with Crippen LogP contribution in [0.15, 0.2) is 18.2 Å². The Bertz CT molecular complexity index is 540. The van der Waals surface area contributed by atoms with Gasteiger partial charge in [-0.15, -0.1) is 0 Å². The van der Waals surface area contributed by atoms with Gasteiger partial charge in [-0.1, -0.05) is 13.0 Å². The second-order valence-electron chi connectivity index (χ2n) is 7.40. The van der Waals surface area contributed by atoms with Gasteiger partial charge in [0.1, 0.15) is 5.82 Å². The van der Waals surface area contributed by atoms with Crippen LogP contribution in [0.2, 0.25) is 0 Å². The van der Waals surface area contributed by atoms with Gasteiger partial charge in [0.25, 0.3) is 0 Å². The number of hydrogen-bond acceptors (Lipinski definition) is 1. The topological polar surface area (TPSA) is 20.2 Å². The van der Waals surface area contributed by atoms with Gasteiger partial charge >= 0.3 is 0 Å². The summed E-state index contributed by atoms with van der Waals surface area (Å²) in [4.78, 5) is 0. The van der Waals surface area contributed by atoms with E-state index in [1.807, 2.05) is 6.07 Å². The average molecular weight is 274 g/mol. The number of aryl methyl sites for hydroxylation is 1. The largest absolute Gasteiger partial charge is 0.393 e. The van der Waals surface area contributed by atoms with Gasteiger partial charge in [-0.25, -0.2) is 4.39 Å². The molecule has 0 heterocycles. The molecule has 5 atom stereocenters. The van der Waals surface area contributed by atoms with Crippen molar-refractivity contribution in [3.05, 3.63) is 35.1 Å². The maximum absolute atomic E-state index is 13.4. The lowest BCUT2D eigenvalue weighted by Gasteiger charge is -2.50. The van der Waals surface area contributed by atoms with Gasteiger partial charge in [0.15, 0.2) is 0 Å². The highest BCUT2D eigenvalue weighted by molar-refractivity contribution is 5.35. The van der Waals surface area contributed by atoms with Crippen LogP contribution in [0.5, 0.6) is 0 Å². The molecular formula is C18H23FO. The minimum atomic E-state index is -0.108. The van der Waals surface area contributed by atoms with Crippen molar-refractivity contribution >= 4 is 0 Å². The summed E-state index contributed by atoms with van der Waals surface area (Å²) in [6, 6.07) is 5.39. The van der Waals surface area contributed by atoms with Crippen molar-refractivity contribution in [1.82, 2.24) is 0 Å². The van der Waals surface area contributed by atoms with Crippen LogP contribution in [-0.2, 0) is 6.42 Å². The fourth-order valence-electron chi connectivity index (χ4n) is 5.52. The van der Waals surface area contributed by atoms with Crippen LogP contribution >= 0.6 is 0 Å². The third kappa shape index (κ3) is 1.64. The van der Waals surface area contributed by atoms with Gasteiger partial charge in [-0.2, -0.15) is 0 Å². The molecule has 3 aliphatic rings. The molecule has 20 heavy (non-hydrogen) atoms. The molecule has 1 N–H and O–H groups in total. The summed E-state index contributed by atoms with van der Waals surface area (Å²) in [6.07, 6.45) is 6.51. The Morgan fingerprint density at radius 2 is 2.05 bits per heavy atom. The Balaban J connectivity index is 1.71. The average Bonchev–Trinajstić information content (AvgIpc) is 2.74. The summed E-state index contributed by atoms with van der Waals surface area (Å²) in [5, 5.41) is 10.4. The van der Waals surface area contributed by atoms with Crippen molar-refractivity contribution in [2.45, 2.75) is 57.5 Å². The summed E-state index contributed by atoms with van der Waals surface area (Å²) in [5.74, 6) is 1.86. The molecule has 2 heteroatoms. The first-order chi connectivity index (χ1) is 9.59. The van der Waals surface area contributed by atoms with E-state index in [0.29, 0.717) is 17.8 Å². The highest BCUT2D eigenvalue weighted by Crippen LogP contribution is 2.60. The van der Waals surface area contributed by atoms with Gasteiger partial charge in [0.2, 0.25) is 0 Å². The number of aliphatic hydroxyl groups excluding tert-OH is 1. The highest BCUT2D eigenvalue weighted by atomic mass is 19.1. The maximum Gasteiger partial charge on any atom is 0.123 e. The van der Waals surface area contributed by atoms with Gasteiger partial charge in [0, 0.05) is 0 Å². The molecular weight excluding hydrogens is 251 g/mol. The van der Waals surface area contributed by atoms with Crippen LogP contribution in [0, 0.1) is 23.1 Å². The zero-order valence-electron chi connectivity index (χ0n) is 12.1. The van der Waals surface area contributed by atoms with E-state index < -0.39 is 0 Å². The molecule has 2 fully saturated rings. The number of benzene rings is 1. The molecule has 1 aromatic carbocycles. The predicted molar refractivity (Wildman–Crippen MR) is 77.0 cm³/mol. The van der Waals surface area contributed by atoms with Gasteiger partial charge < -0.3 is 5.11 Å².